The second-order valence-corrected chi connectivity index (χ2v) is 12.6. The summed E-state index contributed by atoms with van der Waals surface area (Å²) < 4.78 is 0. The third-order valence-electron chi connectivity index (χ3n) is 9.16. The summed E-state index contributed by atoms with van der Waals surface area (Å²) in [6, 6.07) is 60.1. The number of rotatable bonds is 7. The number of pyridine rings is 1. The van der Waals surface area contributed by atoms with Crippen LogP contribution in [-0.4, -0.2) is 24.9 Å². The minimum Gasteiger partial charge on any atom is -0.264 e. The smallest absolute Gasteiger partial charge is 0.160 e. The van der Waals surface area contributed by atoms with E-state index in [2.05, 4.69) is 114 Å². The maximum atomic E-state index is 5.28. The molecule has 0 bridgehead atoms. The lowest BCUT2D eigenvalue weighted by atomic mass is 9.98. The molecule has 6 aromatic carbocycles. The number of aromatic nitrogens is 5. The molecule has 0 amide bonds. The molecule has 0 radical (unpaired) electrons. The van der Waals surface area contributed by atoms with Crippen molar-refractivity contribution in [2.24, 2.45) is 0 Å². The van der Waals surface area contributed by atoms with E-state index in [9.17, 15) is 0 Å². The summed E-state index contributed by atoms with van der Waals surface area (Å²) in [7, 11) is 0. The van der Waals surface area contributed by atoms with E-state index in [1.807, 2.05) is 72.9 Å². The summed E-state index contributed by atoms with van der Waals surface area (Å²) in [5.41, 5.74) is 12.4. The fourth-order valence-electron chi connectivity index (χ4n) is 6.56. The molecule has 52 heavy (non-hydrogen) atoms. The van der Waals surface area contributed by atoms with Crippen molar-refractivity contribution >= 4 is 10.9 Å². The van der Waals surface area contributed by atoms with Gasteiger partial charge in [0.05, 0.1) is 22.6 Å². The average Bonchev–Trinajstić information content (AvgIpc) is 3.24. The van der Waals surface area contributed by atoms with Crippen molar-refractivity contribution in [3.63, 3.8) is 0 Å². The first-order chi connectivity index (χ1) is 25.7. The molecule has 0 aliphatic rings. The van der Waals surface area contributed by atoms with Crippen LogP contribution in [-0.2, 0) is 0 Å². The van der Waals surface area contributed by atoms with Gasteiger partial charge in [0.1, 0.15) is 0 Å². The van der Waals surface area contributed by atoms with Crippen LogP contribution in [0.5, 0.6) is 0 Å². The van der Waals surface area contributed by atoms with Crippen LogP contribution in [0.3, 0.4) is 0 Å². The van der Waals surface area contributed by atoms with E-state index < -0.39 is 0 Å². The predicted octanol–water partition coefficient (Wildman–Crippen LogP) is 11.5. The number of hydrogen-bond acceptors (Lipinski definition) is 5. The van der Waals surface area contributed by atoms with Gasteiger partial charge in [-0.2, -0.15) is 0 Å². The number of nitrogens with zero attached hydrogens (tertiary/aromatic N) is 5. The molecule has 9 rings (SSSR count). The largest absolute Gasteiger partial charge is 0.264 e. The molecule has 5 nitrogen and oxygen atoms in total. The van der Waals surface area contributed by atoms with E-state index in [-0.39, 0.29) is 0 Å². The molecule has 0 unspecified atom stereocenters. The maximum Gasteiger partial charge on any atom is 0.160 e. The zero-order chi connectivity index (χ0) is 34.7. The van der Waals surface area contributed by atoms with Gasteiger partial charge in [0.2, 0.25) is 0 Å². The molecule has 0 spiro atoms. The van der Waals surface area contributed by atoms with E-state index in [1.54, 1.807) is 6.20 Å². The Morgan fingerprint density at radius 1 is 0.308 bits per heavy atom. The standard InChI is InChI=1S/C47H31N5/c1-5-14-32(15-6-1)36-23-24-41-44(29-36)51-47(52-45(41)35-20-11-4-12-21-35)40-27-38(37-22-13-25-48-31-37)26-39(28-40)46-49-42(33-16-7-2-8-17-33)30-43(50-46)34-18-9-3-10-19-34/h1-31H. The van der Waals surface area contributed by atoms with Gasteiger partial charge in [-0.15, -0.1) is 0 Å². The van der Waals surface area contributed by atoms with Crippen LogP contribution in [0.2, 0.25) is 0 Å². The lowest BCUT2D eigenvalue weighted by Crippen LogP contribution is -1.99. The molecule has 0 aliphatic carbocycles. The van der Waals surface area contributed by atoms with Crippen molar-refractivity contribution in [1.29, 1.82) is 0 Å². The zero-order valence-electron chi connectivity index (χ0n) is 28.1. The van der Waals surface area contributed by atoms with E-state index in [1.165, 1.54) is 0 Å². The van der Waals surface area contributed by atoms with Gasteiger partial charge in [0, 0.05) is 51.2 Å². The highest BCUT2D eigenvalue weighted by Gasteiger charge is 2.17. The molecule has 3 aromatic heterocycles. The van der Waals surface area contributed by atoms with Crippen LogP contribution in [0.25, 0.3) is 89.7 Å². The van der Waals surface area contributed by atoms with E-state index in [4.69, 9.17) is 19.9 Å². The first kappa shape index (κ1) is 30.9. The van der Waals surface area contributed by atoms with Gasteiger partial charge in [-0.05, 0) is 59.2 Å². The molecule has 244 valence electrons. The molecule has 0 atom stereocenters. The predicted molar refractivity (Wildman–Crippen MR) is 211 cm³/mol. The summed E-state index contributed by atoms with van der Waals surface area (Å²) in [6.45, 7) is 0. The van der Waals surface area contributed by atoms with Gasteiger partial charge < -0.3 is 0 Å². The minimum atomic E-state index is 0.614. The normalized spacial score (nSPS) is 11.1. The van der Waals surface area contributed by atoms with Crippen LogP contribution >= 0.6 is 0 Å². The fraction of sp³-hybridized carbons (Fsp3) is 0. The van der Waals surface area contributed by atoms with Crippen LogP contribution in [0.15, 0.2) is 188 Å². The Morgan fingerprint density at radius 3 is 1.40 bits per heavy atom. The van der Waals surface area contributed by atoms with Crippen molar-refractivity contribution in [2.45, 2.75) is 0 Å². The summed E-state index contributed by atoms with van der Waals surface area (Å²) in [6.07, 6.45) is 3.66. The maximum absolute atomic E-state index is 5.28. The highest BCUT2D eigenvalue weighted by Crippen LogP contribution is 2.36. The lowest BCUT2D eigenvalue weighted by Gasteiger charge is -2.14. The number of hydrogen-bond donors (Lipinski definition) is 0. The Kier molecular flexibility index (Phi) is 8.12. The third kappa shape index (κ3) is 6.23. The van der Waals surface area contributed by atoms with Crippen molar-refractivity contribution in [3.05, 3.63) is 188 Å². The van der Waals surface area contributed by atoms with Gasteiger partial charge >= 0.3 is 0 Å². The molecule has 0 N–H and O–H groups in total. The first-order valence-electron chi connectivity index (χ1n) is 17.2. The van der Waals surface area contributed by atoms with Crippen LogP contribution in [0, 0.1) is 0 Å². The van der Waals surface area contributed by atoms with Gasteiger partial charge in [-0.3, -0.25) is 4.98 Å². The molecule has 5 heteroatoms. The second-order valence-electron chi connectivity index (χ2n) is 12.6. The Balaban J connectivity index is 1.28. The highest BCUT2D eigenvalue weighted by atomic mass is 14.9. The number of fused-ring (bicyclic) bond motifs is 1. The van der Waals surface area contributed by atoms with Gasteiger partial charge in [0.25, 0.3) is 0 Å². The monoisotopic (exact) mass is 665 g/mol. The van der Waals surface area contributed by atoms with Crippen molar-refractivity contribution in [1.82, 2.24) is 24.9 Å². The Hall–Kier alpha value is -7.11. The second kappa shape index (κ2) is 13.7. The van der Waals surface area contributed by atoms with Crippen molar-refractivity contribution in [3.8, 4) is 78.8 Å². The van der Waals surface area contributed by atoms with Gasteiger partial charge in [-0.1, -0.05) is 133 Å². The van der Waals surface area contributed by atoms with Gasteiger partial charge in [-0.25, -0.2) is 19.9 Å². The van der Waals surface area contributed by atoms with E-state index in [0.717, 1.165) is 78.1 Å². The molecular weight excluding hydrogens is 635 g/mol. The van der Waals surface area contributed by atoms with E-state index >= 15 is 0 Å². The Bertz CT molecular complexity index is 2590. The summed E-state index contributed by atoms with van der Waals surface area (Å²) in [5.74, 6) is 1.23. The molecule has 0 saturated carbocycles. The topological polar surface area (TPSA) is 64.5 Å². The van der Waals surface area contributed by atoms with E-state index in [0.29, 0.717) is 11.6 Å². The highest BCUT2D eigenvalue weighted by molar-refractivity contribution is 5.96. The molecule has 9 aromatic rings. The van der Waals surface area contributed by atoms with Crippen LogP contribution < -0.4 is 0 Å². The first-order valence-corrected chi connectivity index (χ1v) is 17.2. The zero-order valence-corrected chi connectivity index (χ0v) is 28.1. The molecule has 0 saturated heterocycles. The molecule has 3 heterocycles. The van der Waals surface area contributed by atoms with Gasteiger partial charge in [0.15, 0.2) is 11.6 Å². The van der Waals surface area contributed by atoms with Crippen LogP contribution in [0.1, 0.15) is 0 Å². The molecular formula is C47H31N5. The minimum absolute atomic E-state index is 0.614. The van der Waals surface area contributed by atoms with Crippen molar-refractivity contribution in [2.75, 3.05) is 0 Å². The Labute approximate surface area is 302 Å². The average molecular weight is 666 g/mol. The number of benzene rings is 6. The summed E-state index contributed by atoms with van der Waals surface area (Å²) in [5, 5.41) is 0.990. The Morgan fingerprint density at radius 2 is 0.827 bits per heavy atom. The quantitative estimate of drug-likeness (QED) is 0.169. The summed E-state index contributed by atoms with van der Waals surface area (Å²) in [4.78, 5) is 25.3. The molecule has 0 aliphatic heterocycles. The lowest BCUT2D eigenvalue weighted by molar-refractivity contribution is 1.18. The van der Waals surface area contributed by atoms with Crippen LogP contribution in [0.4, 0.5) is 0 Å². The third-order valence-corrected chi connectivity index (χ3v) is 9.16. The van der Waals surface area contributed by atoms with Crippen molar-refractivity contribution < 1.29 is 0 Å². The fourth-order valence-corrected chi connectivity index (χ4v) is 6.56. The SMILES string of the molecule is c1ccc(-c2ccc3c(-c4ccccc4)nc(-c4cc(-c5cccnc5)cc(-c5nc(-c6ccccc6)cc(-c6ccccc6)n5)c4)nc3c2)cc1. The molecule has 0 fully saturated rings. The summed E-state index contributed by atoms with van der Waals surface area (Å²) >= 11 is 0.